The highest BCUT2D eigenvalue weighted by Crippen LogP contribution is 2.20. The van der Waals surface area contributed by atoms with E-state index in [0.29, 0.717) is 0 Å². The lowest BCUT2D eigenvalue weighted by molar-refractivity contribution is 0.280. The minimum absolute atomic E-state index is 0.793. The number of hydrogen-bond acceptors (Lipinski definition) is 4. The van der Waals surface area contributed by atoms with E-state index in [-0.39, 0.29) is 0 Å². The van der Waals surface area contributed by atoms with Crippen LogP contribution >= 0.6 is 0 Å². The molecular weight excluding hydrogens is 312 g/mol. The van der Waals surface area contributed by atoms with E-state index in [2.05, 4.69) is 28.1 Å². The van der Waals surface area contributed by atoms with Gasteiger partial charge in [-0.3, -0.25) is 9.88 Å². The minimum atomic E-state index is 0.793. The number of ether oxygens (including phenoxy) is 1. The molecular formula is C21H22N2O2. The maximum atomic E-state index is 5.49. The van der Waals surface area contributed by atoms with Crippen LogP contribution in [-0.4, -0.2) is 23.5 Å². The first kappa shape index (κ1) is 17.0. The van der Waals surface area contributed by atoms with E-state index in [1.165, 1.54) is 11.1 Å². The summed E-state index contributed by atoms with van der Waals surface area (Å²) >= 11 is 0. The van der Waals surface area contributed by atoms with E-state index in [4.69, 9.17) is 9.15 Å². The lowest BCUT2D eigenvalue weighted by atomic mass is 10.1. The third-order valence-corrected chi connectivity index (χ3v) is 3.90. The van der Waals surface area contributed by atoms with Crippen LogP contribution in [0.15, 0.2) is 77.7 Å². The lowest BCUT2D eigenvalue weighted by Crippen LogP contribution is -2.23. The third kappa shape index (κ3) is 5.06. The second-order valence-corrected chi connectivity index (χ2v) is 5.76. The number of furan rings is 1. The number of hydrogen-bond donors (Lipinski definition) is 0. The first-order valence-electron chi connectivity index (χ1n) is 8.28. The van der Waals surface area contributed by atoms with Crippen molar-refractivity contribution in [2.24, 2.45) is 0 Å². The molecule has 0 spiro atoms. The lowest BCUT2D eigenvalue weighted by Gasteiger charge is -2.22. The smallest absolute Gasteiger partial charge is 0.126 e. The molecule has 0 aliphatic rings. The molecule has 128 valence electrons. The fraction of sp³-hybridized carbons (Fsp3) is 0.190. The van der Waals surface area contributed by atoms with Crippen molar-refractivity contribution >= 4 is 6.08 Å². The van der Waals surface area contributed by atoms with Crippen molar-refractivity contribution in [2.45, 2.75) is 13.1 Å². The molecule has 4 nitrogen and oxygen atoms in total. The standard InChI is InChI=1S/C21H22N2O2/c1-24-21-11-3-2-8-19(21)17-23(16-18-7-4-12-22-15-18)13-5-9-20-10-6-14-25-20/h2-12,14-15H,13,16-17H2,1H3/b9-5+. The summed E-state index contributed by atoms with van der Waals surface area (Å²) in [5, 5.41) is 0. The van der Waals surface area contributed by atoms with Crippen LogP contribution < -0.4 is 4.74 Å². The first-order valence-corrected chi connectivity index (χ1v) is 8.28. The Balaban J connectivity index is 1.73. The van der Waals surface area contributed by atoms with Gasteiger partial charge in [-0.1, -0.05) is 30.3 Å². The molecule has 0 N–H and O–H groups in total. The van der Waals surface area contributed by atoms with Crippen LogP contribution in [0.2, 0.25) is 0 Å². The molecule has 3 aromatic rings. The molecule has 1 aromatic carbocycles. The van der Waals surface area contributed by atoms with E-state index in [1.807, 2.05) is 48.7 Å². The van der Waals surface area contributed by atoms with Crippen molar-refractivity contribution in [3.05, 3.63) is 90.2 Å². The largest absolute Gasteiger partial charge is 0.496 e. The van der Waals surface area contributed by atoms with Crippen molar-refractivity contribution in [3.63, 3.8) is 0 Å². The van der Waals surface area contributed by atoms with Crippen LogP contribution in [0.4, 0.5) is 0 Å². The molecule has 0 unspecified atom stereocenters. The molecule has 3 rings (SSSR count). The van der Waals surface area contributed by atoms with Gasteiger partial charge in [-0.2, -0.15) is 0 Å². The van der Waals surface area contributed by atoms with Crippen LogP contribution in [0.3, 0.4) is 0 Å². The van der Waals surface area contributed by atoms with Gasteiger partial charge in [0.1, 0.15) is 11.5 Å². The molecule has 2 heterocycles. The summed E-state index contributed by atoms with van der Waals surface area (Å²) in [7, 11) is 1.71. The summed E-state index contributed by atoms with van der Waals surface area (Å²) in [4.78, 5) is 6.56. The summed E-state index contributed by atoms with van der Waals surface area (Å²) in [5.74, 6) is 1.77. The highest BCUT2D eigenvalue weighted by molar-refractivity contribution is 5.42. The van der Waals surface area contributed by atoms with Gasteiger partial charge in [0.25, 0.3) is 0 Å². The fourth-order valence-electron chi connectivity index (χ4n) is 2.71. The number of benzene rings is 1. The summed E-state index contributed by atoms with van der Waals surface area (Å²) < 4.78 is 10.8. The SMILES string of the molecule is COc1ccccc1CN(C/C=C/c1ccco1)Cc1cccnc1. The minimum Gasteiger partial charge on any atom is -0.496 e. The molecule has 0 radical (unpaired) electrons. The van der Waals surface area contributed by atoms with Crippen LogP contribution in [0.25, 0.3) is 6.08 Å². The molecule has 25 heavy (non-hydrogen) atoms. The number of para-hydroxylation sites is 1. The topological polar surface area (TPSA) is 38.5 Å². The highest BCUT2D eigenvalue weighted by atomic mass is 16.5. The van der Waals surface area contributed by atoms with E-state index in [0.717, 1.165) is 31.1 Å². The quantitative estimate of drug-likeness (QED) is 0.612. The van der Waals surface area contributed by atoms with E-state index < -0.39 is 0 Å². The highest BCUT2D eigenvalue weighted by Gasteiger charge is 2.09. The van der Waals surface area contributed by atoms with Crippen molar-refractivity contribution in [1.29, 1.82) is 0 Å². The number of pyridine rings is 1. The maximum Gasteiger partial charge on any atom is 0.126 e. The summed E-state index contributed by atoms with van der Waals surface area (Å²) in [6.45, 7) is 2.41. The monoisotopic (exact) mass is 334 g/mol. The number of aromatic nitrogens is 1. The Morgan fingerprint density at radius 3 is 2.76 bits per heavy atom. The van der Waals surface area contributed by atoms with Crippen molar-refractivity contribution in [3.8, 4) is 5.75 Å². The number of methoxy groups -OCH3 is 1. The normalized spacial score (nSPS) is 11.3. The molecule has 0 fully saturated rings. The second kappa shape index (κ2) is 8.85. The first-order chi connectivity index (χ1) is 12.3. The van der Waals surface area contributed by atoms with Gasteiger partial charge in [-0.25, -0.2) is 0 Å². The van der Waals surface area contributed by atoms with Gasteiger partial charge in [0.2, 0.25) is 0 Å². The molecule has 4 heteroatoms. The Morgan fingerprint density at radius 1 is 1.08 bits per heavy atom. The Kier molecular flexibility index (Phi) is 6.01. The summed E-state index contributed by atoms with van der Waals surface area (Å²) in [6.07, 6.45) is 9.50. The second-order valence-electron chi connectivity index (χ2n) is 5.76. The zero-order chi connectivity index (χ0) is 17.3. The molecule has 0 bridgehead atoms. The summed E-state index contributed by atoms with van der Waals surface area (Å²) in [5.41, 5.74) is 2.35. The molecule has 0 atom stereocenters. The average molecular weight is 334 g/mol. The maximum absolute atomic E-state index is 5.49. The molecule has 0 saturated carbocycles. The Hall–Kier alpha value is -2.85. The van der Waals surface area contributed by atoms with Gasteiger partial charge in [-0.15, -0.1) is 0 Å². The van der Waals surface area contributed by atoms with Crippen LogP contribution in [0.1, 0.15) is 16.9 Å². The van der Waals surface area contributed by atoms with Gasteiger partial charge < -0.3 is 9.15 Å². The van der Waals surface area contributed by atoms with E-state index >= 15 is 0 Å². The molecule has 0 amide bonds. The van der Waals surface area contributed by atoms with Gasteiger partial charge in [0.15, 0.2) is 0 Å². The number of nitrogens with zero attached hydrogens (tertiary/aromatic N) is 2. The van der Waals surface area contributed by atoms with E-state index in [9.17, 15) is 0 Å². The molecule has 0 saturated heterocycles. The Bertz CT molecular complexity index is 783. The predicted molar refractivity (Wildman–Crippen MR) is 99.1 cm³/mol. The number of rotatable bonds is 8. The van der Waals surface area contributed by atoms with Gasteiger partial charge in [0.05, 0.1) is 13.4 Å². The molecule has 2 aromatic heterocycles. The van der Waals surface area contributed by atoms with Crippen LogP contribution in [0.5, 0.6) is 5.75 Å². The van der Waals surface area contributed by atoms with Gasteiger partial charge in [-0.05, 0) is 35.9 Å². The van der Waals surface area contributed by atoms with E-state index in [1.54, 1.807) is 19.6 Å². The Labute approximate surface area is 148 Å². The Morgan fingerprint density at radius 2 is 2.00 bits per heavy atom. The fourth-order valence-corrected chi connectivity index (χ4v) is 2.71. The van der Waals surface area contributed by atoms with Crippen molar-refractivity contribution < 1.29 is 9.15 Å². The average Bonchev–Trinajstić information content (AvgIpc) is 3.16. The van der Waals surface area contributed by atoms with Crippen molar-refractivity contribution in [2.75, 3.05) is 13.7 Å². The third-order valence-electron chi connectivity index (χ3n) is 3.90. The predicted octanol–water partition coefficient (Wildman–Crippen LogP) is 4.40. The van der Waals surface area contributed by atoms with Crippen LogP contribution in [-0.2, 0) is 13.1 Å². The molecule has 0 aliphatic carbocycles. The zero-order valence-electron chi connectivity index (χ0n) is 14.3. The van der Waals surface area contributed by atoms with Crippen LogP contribution in [0, 0.1) is 0 Å². The summed E-state index contributed by atoms with van der Waals surface area (Å²) in [6, 6.07) is 16.0. The van der Waals surface area contributed by atoms with Gasteiger partial charge in [0, 0.05) is 37.6 Å². The zero-order valence-corrected chi connectivity index (χ0v) is 14.3. The van der Waals surface area contributed by atoms with Gasteiger partial charge >= 0.3 is 0 Å². The molecule has 0 aliphatic heterocycles. The van der Waals surface area contributed by atoms with Crippen molar-refractivity contribution in [1.82, 2.24) is 9.88 Å².